The van der Waals surface area contributed by atoms with Crippen LogP contribution in [-0.2, 0) is 10.8 Å². The molecule has 0 aromatic heterocycles. The van der Waals surface area contributed by atoms with E-state index in [0.717, 1.165) is 64.2 Å². The molecule has 6 aromatic carbocycles. The fourth-order valence-corrected chi connectivity index (χ4v) is 10.4. The van der Waals surface area contributed by atoms with Gasteiger partial charge in [0.2, 0.25) is 11.4 Å². The van der Waals surface area contributed by atoms with Crippen LogP contribution in [-0.4, -0.2) is 25.5 Å². The van der Waals surface area contributed by atoms with E-state index in [0.29, 0.717) is 0 Å². The summed E-state index contributed by atoms with van der Waals surface area (Å²) in [5, 5.41) is 4.57. The molecule has 0 radical (unpaired) electrons. The van der Waals surface area contributed by atoms with Crippen molar-refractivity contribution >= 4 is 76.9 Å². The summed E-state index contributed by atoms with van der Waals surface area (Å²) < 4.78 is 17.4. The van der Waals surface area contributed by atoms with Gasteiger partial charge in [-0.1, -0.05) is 80.4 Å². The molecule has 2 atom stereocenters. The maximum atomic E-state index is 7.64. The summed E-state index contributed by atoms with van der Waals surface area (Å²) in [5.74, 6) is 1.73. The summed E-state index contributed by atoms with van der Waals surface area (Å²) in [6, 6.07) is 35.0. The van der Waals surface area contributed by atoms with Crippen LogP contribution in [0.25, 0.3) is 44.8 Å². The lowest BCUT2D eigenvalue weighted by Gasteiger charge is -2.47. The second-order valence-corrected chi connectivity index (χ2v) is 17.6. The highest BCUT2D eigenvalue weighted by molar-refractivity contribution is 9.10. The zero-order chi connectivity index (χ0) is 35.9. The lowest BCUT2D eigenvalue weighted by Crippen LogP contribution is -2.58. The van der Waals surface area contributed by atoms with Gasteiger partial charge in [0.15, 0.2) is 0 Å². The number of halogens is 2. The molecule has 0 bridgehead atoms. The topological polar surface area (TPSA) is 24.9 Å². The van der Waals surface area contributed by atoms with Crippen molar-refractivity contribution < 1.29 is 9.47 Å². The number of rotatable bonds is 1. The van der Waals surface area contributed by atoms with E-state index >= 15 is 0 Å². The van der Waals surface area contributed by atoms with Gasteiger partial charge in [0, 0.05) is 56.7 Å². The van der Waals surface area contributed by atoms with Gasteiger partial charge >= 0.3 is 0 Å². The number of likely N-dealkylation sites (N-methyl/N-ethyl adjacent to an activating group) is 2. The Labute approximate surface area is 321 Å². The Bertz CT molecular complexity index is 2440. The van der Waals surface area contributed by atoms with Gasteiger partial charge in [0.1, 0.15) is 11.5 Å². The minimum Gasteiger partial charge on any atom is -0.462 e. The van der Waals surface area contributed by atoms with Gasteiger partial charge in [-0.3, -0.25) is 0 Å². The molecule has 0 N–H and O–H groups in total. The number of benzene rings is 6. The Balaban J connectivity index is 1.26. The number of ether oxygens (including phenoxy) is 2. The highest BCUT2D eigenvalue weighted by atomic mass is 79.9. The lowest BCUT2D eigenvalue weighted by atomic mass is 9.75. The number of hydrogen-bond donors (Lipinski definition) is 0. The maximum Gasteiger partial charge on any atom is 0.211 e. The summed E-state index contributed by atoms with van der Waals surface area (Å²) in [6.07, 6.45) is 9.08. The first kappa shape index (κ1) is 32.2. The second-order valence-electron chi connectivity index (χ2n) is 15.7. The van der Waals surface area contributed by atoms with Crippen molar-refractivity contribution in [1.29, 1.82) is 0 Å². The molecule has 0 saturated heterocycles. The van der Waals surface area contributed by atoms with E-state index < -0.39 is 11.4 Å². The number of hydrogen-bond acceptors (Lipinski definition) is 4. The van der Waals surface area contributed by atoms with E-state index in [1.807, 2.05) is 0 Å². The molecule has 6 aromatic rings. The van der Waals surface area contributed by atoms with Crippen LogP contribution < -0.4 is 19.3 Å². The van der Waals surface area contributed by atoms with Crippen molar-refractivity contribution in [3.8, 4) is 22.6 Å². The van der Waals surface area contributed by atoms with Gasteiger partial charge in [-0.15, -0.1) is 0 Å². The monoisotopic (exact) mass is 808 g/mol. The van der Waals surface area contributed by atoms with Gasteiger partial charge in [-0.2, -0.15) is 0 Å². The van der Waals surface area contributed by atoms with Crippen molar-refractivity contribution in [2.75, 3.05) is 23.9 Å². The van der Waals surface area contributed by atoms with Crippen LogP contribution in [0.2, 0.25) is 0 Å². The maximum absolute atomic E-state index is 7.64. The van der Waals surface area contributed by atoms with Crippen LogP contribution >= 0.6 is 31.9 Å². The normalized spacial score (nSPS) is 22.8. The Morgan fingerprint density at radius 2 is 0.923 bits per heavy atom. The third-order valence-electron chi connectivity index (χ3n) is 12.6. The minimum absolute atomic E-state index is 0.379. The zero-order valence-corrected chi connectivity index (χ0v) is 33.2. The third-order valence-corrected chi connectivity index (χ3v) is 13.6. The fourth-order valence-electron chi connectivity index (χ4n) is 9.67. The molecule has 52 heavy (non-hydrogen) atoms. The van der Waals surface area contributed by atoms with Gasteiger partial charge in [-0.05, 0) is 133 Å². The molecule has 4 aliphatic heterocycles. The molecule has 0 aliphatic carbocycles. The van der Waals surface area contributed by atoms with E-state index in [9.17, 15) is 0 Å². The molecule has 2 spiro atoms. The van der Waals surface area contributed by atoms with E-state index in [1.165, 1.54) is 22.5 Å². The molecule has 258 valence electrons. The predicted molar refractivity (Wildman–Crippen MR) is 223 cm³/mol. The molecule has 2 unspecified atom stereocenters. The first-order valence-electron chi connectivity index (χ1n) is 17.8. The van der Waals surface area contributed by atoms with Crippen LogP contribution in [0.5, 0.6) is 11.5 Å². The van der Waals surface area contributed by atoms with Gasteiger partial charge in [-0.25, -0.2) is 0 Å². The van der Waals surface area contributed by atoms with Gasteiger partial charge < -0.3 is 19.3 Å². The predicted octanol–water partition coefficient (Wildman–Crippen LogP) is 12.2. The highest BCUT2D eigenvalue weighted by Gasteiger charge is 2.59. The molecule has 4 aliphatic rings. The summed E-state index contributed by atoms with van der Waals surface area (Å²) >= 11 is 7.50. The highest BCUT2D eigenvalue weighted by Crippen LogP contribution is 2.60. The van der Waals surface area contributed by atoms with Crippen LogP contribution in [0.1, 0.15) is 49.9 Å². The number of anilines is 2. The molecular weight excluding hydrogens is 772 g/mol. The minimum atomic E-state index is -0.768. The SMILES string of the molecule is CN1c2ccc(Br)cc2C(C)(C)C12C=Cc1cc3ccccc3c(-c3c4c(cc5ccccc35)C=CC3(O4)N(C)c4ccc(Br)cc4C3(C)C)c1O2. The Hall–Kier alpha value is -4.52. The van der Waals surface area contributed by atoms with E-state index in [4.69, 9.17) is 9.47 Å². The quantitative estimate of drug-likeness (QED) is 0.165. The van der Waals surface area contributed by atoms with Crippen molar-refractivity contribution in [3.05, 3.63) is 140 Å². The number of fused-ring (bicyclic) bond motifs is 6. The van der Waals surface area contributed by atoms with Crippen LogP contribution in [0.4, 0.5) is 11.4 Å². The fraction of sp³-hybridized carbons (Fsp3) is 0.217. The molecule has 0 amide bonds. The van der Waals surface area contributed by atoms with Crippen molar-refractivity contribution in [1.82, 2.24) is 0 Å². The average Bonchev–Trinajstić information content (AvgIpc) is 3.39. The van der Waals surface area contributed by atoms with Crippen LogP contribution in [0.3, 0.4) is 0 Å². The summed E-state index contributed by atoms with van der Waals surface area (Å²) in [4.78, 5) is 4.62. The Kier molecular flexibility index (Phi) is 6.52. The lowest BCUT2D eigenvalue weighted by molar-refractivity contribution is 0.0569. The standard InChI is InChI=1S/C46H38Br2N2O2/c1-43(2)35-25-31(47)15-17-37(35)49(5)45(43)21-19-29-23-27-11-7-9-13-33(27)39(41(29)51-45)40-34-14-10-8-12-28(34)24-30-20-22-46(52-42(30)40)44(3,4)36-26-32(48)16-18-38(36)50(46)6/h7-26H,1-6H3. The van der Waals surface area contributed by atoms with E-state index in [1.54, 1.807) is 0 Å². The molecular formula is C46H38Br2N2O2. The van der Waals surface area contributed by atoms with Crippen molar-refractivity contribution in [2.45, 2.75) is 50.0 Å². The van der Waals surface area contributed by atoms with Crippen molar-refractivity contribution in [2.24, 2.45) is 0 Å². The molecule has 0 saturated carbocycles. The molecule has 0 fully saturated rings. The van der Waals surface area contributed by atoms with Gasteiger partial charge in [0.05, 0.1) is 10.8 Å². The van der Waals surface area contributed by atoms with Crippen LogP contribution in [0.15, 0.2) is 118 Å². The largest absolute Gasteiger partial charge is 0.462 e. The van der Waals surface area contributed by atoms with E-state index in [-0.39, 0.29) is 10.8 Å². The number of nitrogens with zero attached hydrogens (tertiary/aromatic N) is 2. The van der Waals surface area contributed by atoms with E-state index in [2.05, 4.69) is 205 Å². The summed E-state index contributed by atoms with van der Waals surface area (Å²) in [5.41, 5.74) is 6.74. The zero-order valence-electron chi connectivity index (χ0n) is 30.0. The molecule has 4 heterocycles. The first-order chi connectivity index (χ1) is 24.9. The smallest absolute Gasteiger partial charge is 0.211 e. The molecule has 10 rings (SSSR count). The second kappa shape index (κ2) is 10.5. The first-order valence-corrected chi connectivity index (χ1v) is 19.4. The molecule has 6 heteroatoms. The van der Waals surface area contributed by atoms with Crippen molar-refractivity contribution in [3.63, 3.8) is 0 Å². The average molecular weight is 811 g/mol. The molecule has 4 nitrogen and oxygen atoms in total. The van der Waals surface area contributed by atoms with Gasteiger partial charge in [0.25, 0.3) is 0 Å². The Morgan fingerprint density at radius 3 is 1.35 bits per heavy atom. The Morgan fingerprint density at radius 1 is 0.519 bits per heavy atom. The summed E-state index contributed by atoms with van der Waals surface area (Å²) in [7, 11) is 4.31. The van der Waals surface area contributed by atoms with Crippen LogP contribution in [0, 0.1) is 0 Å². The summed E-state index contributed by atoms with van der Waals surface area (Å²) in [6.45, 7) is 9.18. The third kappa shape index (κ3) is 3.92.